The molecule has 0 aromatic carbocycles. The smallest absolute Gasteiger partial charge is 0.248 e. The number of rotatable bonds is 8. The summed E-state index contributed by atoms with van der Waals surface area (Å²) in [6.45, 7) is 0.918. The maximum atomic E-state index is 11.3. The topological polar surface area (TPSA) is 93.8 Å². The highest BCUT2D eigenvalue weighted by molar-refractivity contribution is 5.93. The van der Waals surface area contributed by atoms with Gasteiger partial charge in [-0.25, -0.2) is 0 Å². The van der Waals surface area contributed by atoms with Crippen molar-refractivity contribution in [3.63, 3.8) is 0 Å². The van der Waals surface area contributed by atoms with Crippen LogP contribution in [0.2, 0.25) is 0 Å². The molecule has 0 fully saturated rings. The number of pyridine rings is 3. The Hall–Kier alpha value is -3.28. The minimum Gasteiger partial charge on any atom is -0.384 e. The molecule has 3 N–H and O–H groups in total. The van der Waals surface area contributed by atoms with Crippen LogP contribution in [0.25, 0.3) is 11.4 Å². The molecule has 0 aliphatic heterocycles. The fraction of sp³-hybridized carbons (Fsp3) is 0.200. The summed E-state index contributed by atoms with van der Waals surface area (Å²) in [5.41, 5.74) is 9.34. The molecule has 132 valence electrons. The number of hydrogen-bond donors (Lipinski definition) is 2. The molecule has 0 radical (unpaired) electrons. The number of aromatic nitrogens is 3. The average molecular weight is 347 g/mol. The van der Waals surface area contributed by atoms with Gasteiger partial charge in [-0.1, -0.05) is 6.07 Å². The van der Waals surface area contributed by atoms with Crippen molar-refractivity contribution in [2.75, 3.05) is 11.9 Å². The summed E-state index contributed by atoms with van der Waals surface area (Å²) in [5.74, 6) is -0.467. The van der Waals surface area contributed by atoms with Gasteiger partial charge >= 0.3 is 0 Å². The molecule has 3 aromatic rings. The van der Waals surface area contributed by atoms with Crippen LogP contribution in [0, 0.1) is 0 Å². The third-order valence-corrected chi connectivity index (χ3v) is 4.01. The van der Waals surface area contributed by atoms with Crippen molar-refractivity contribution in [1.82, 2.24) is 15.0 Å². The minimum absolute atomic E-state index is 0.432. The van der Waals surface area contributed by atoms with E-state index < -0.39 is 5.91 Å². The van der Waals surface area contributed by atoms with Crippen LogP contribution in [0.5, 0.6) is 0 Å². The summed E-state index contributed by atoms with van der Waals surface area (Å²) in [4.78, 5) is 24.1. The Morgan fingerprint density at radius 2 is 1.92 bits per heavy atom. The van der Waals surface area contributed by atoms with E-state index in [2.05, 4.69) is 26.3 Å². The SMILES string of the molecule is NC(=O)c1ccnc(-c2ccc(CCCCNc3cccnc3)cn2)c1. The van der Waals surface area contributed by atoms with Crippen molar-refractivity contribution >= 4 is 11.6 Å². The zero-order valence-electron chi connectivity index (χ0n) is 14.4. The zero-order valence-corrected chi connectivity index (χ0v) is 14.4. The lowest BCUT2D eigenvalue weighted by atomic mass is 10.1. The average Bonchev–Trinajstić information content (AvgIpc) is 2.69. The molecule has 0 atom stereocenters. The Morgan fingerprint density at radius 3 is 2.65 bits per heavy atom. The van der Waals surface area contributed by atoms with E-state index in [1.165, 1.54) is 5.56 Å². The maximum absolute atomic E-state index is 11.3. The van der Waals surface area contributed by atoms with E-state index >= 15 is 0 Å². The molecule has 6 heteroatoms. The summed E-state index contributed by atoms with van der Waals surface area (Å²) in [7, 11) is 0. The van der Waals surface area contributed by atoms with Crippen molar-refractivity contribution < 1.29 is 4.79 Å². The van der Waals surface area contributed by atoms with Gasteiger partial charge < -0.3 is 11.1 Å². The third kappa shape index (κ3) is 4.86. The number of anilines is 1. The molecule has 0 aliphatic carbocycles. The summed E-state index contributed by atoms with van der Waals surface area (Å²) >= 11 is 0. The van der Waals surface area contributed by atoms with Gasteiger partial charge in [0.25, 0.3) is 0 Å². The van der Waals surface area contributed by atoms with Gasteiger partial charge in [-0.05, 0) is 55.2 Å². The van der Waals surface area contributed by atoms with Gasteiger partial charge in [-0.3, -0.25) is 19.7 Å². The van der Waals surface area contributed by atoms with Crippen LogP contribution < -0.4 is 11.1 Å². The molecule has 0 aliphatic rings. The van der Waals surface area contributed by atoms with Gasteiger partial charge in [0.2, 0.25) is 5.91 Å². The van der Waals surface area contributed by atoms with E-state index in [4.69, 9.17) is 5.73 Å². The highest BCUT2D eigenvalue weighted by atomic mass is 16.1. The molecule has 1 amide bonds. The van der Waals surface area contributed by atoms with E-state index in [0.29, 0.717) is 11.3 Å². The monoisotopic (exact) mass is 347 g/mol. The minimum atomic E-state index is -0.467. The van der Waals surface area contributed by atoms with Crippen LogP contribution >= 0.6 is 0 Å². The largest absolute Gasteiger partial charge is 0.384 e. The lowest BCUT2D eigenvalue weighted by Crippen LogP contribution is -2.11. The maximum Gasteiger partial charge on any atom is 0.248 e. The number of hydrogen-bond acceptors (Lipinski definition) is 5. The Kier molecular flexibility index (Phi) is 5.88. The Balaban J connectivity index is 1.48. The van der Waals surface area contributed by atoms with Crippen LogP contribution in [0.3, 0.4) is 0 Å². The quantitative estimate of drug-likeness (QED) is 0.611. The number of primary amides is 1. The van der Waals surface area contributed by atoms with Crippen molar-refractivity contribution in [2.45, 2.75) is 19.3 Å². The normalized spacial score (nSPS) is 10.5. The van der Waals surface area contributed by atoms with Gasteiger partial charge in [0.15, 0.2) is 0 Å². The predicted molar refractivity (Wildman–Crippen MR) is 102 cm³/mol. The number of nitrogens with one attached hydrogen (secondary N) is 1. The molecule has 26 heavy (non-hydrogen) atoms. The first-order valence-corrected chi connectivity index (χ1v) is 8.57. The molecule has 0 spiro atoms. The Morgan fingerprint density at radius 1 is 1.00 bits per heavy atom. The van der Waals surface area contributed by atoms with Gasteiger partial charge in [0.1, 0.15) is 0 Å². The highest BCUT2D eigenvalue weighted by Crippen LogP contribution is 2.16. The van der Waals surface area contributed by atoms with Gasteiger partial charge in [0.05, 0.1) is 17.1 Å². The Bertz CT molecular complexity index is 850. The molecular weight excluding hydrogens is 326 g/mol. The second kappa shape index (κ2) is 8.71. The predicted octanol–water partition coefficient (Wildman–Crippen LogP) is 3.07. The van der Waals surface area contributed by atoms with Gasteiger partial charge in [-0.15, -0.1) is 0 Å². The van der Waals surface area contributed by atoms with E-state index in [9.17, 15) is 4.79 Å². The van der Waals surface area contributed by atoms with E-state index in [0.717, 1.165) is 37.2 Å². The second-order valence-electron chi connectivity index (χ2n) is 5.97. The Labute approximate surface area is 152 Å². The molecule has 0 saturated carbocycles. The number of nitrogens with zero attached hydrogens (tertiary/aromatic N) is 3. The van der Waals surface area contributed by atoms with E-state index in [1.807, 2.05) is 30.6 Å². The summed E-state index contributed by atoms with van der Waals surface area (Å²) in [5, 5.41) is 3.35. The number of aryl methyl sites for hydroxylation is 1. The second-order valence-corrected chi connectivity index (χ2v) is 5.97. The molecular formula is C20H21N5O. The zero-order chi connectivity index (χ0) is 18.2. The van der Waals surface area contributed by atoms with E-state index in [-0.39, 0.29) is 0 Å². The summed E-state index contributed by atoms with van der Waals surface area (Å²) < 4.78 is 0. The summed E-state index contributed by atoms with van der Waals surface area (Å²) in [6, 6.07) is 11.2. The van der Waals surface area contributed by atoms with Crippen LogP contribution in [0.1, 0.15) is 28.8 Å². The first kappa shape index (κ1) is 17.5. The van der Waals surface area contributed by atoms with Crippen LogP contribution in [-0.4, -0.2) is 27.4 Å². The standard InChI is InChI=1S/C20H21N5O/c21-20(26)16-8-11-24-19(12-16)18-7-6-15(13-25-18)4-1-2-10-23-17-5-3-9-22-14-17/h3,5-9,11-14,23H,1-2,4,10H2,(H2,21,26). The van der Waals surface area contributed by atoms with Crippen molar-refractivity contribution in [2.24, 2.45) is 5.73 Å². The number of nitrogens with two attached hydrogens (primary N) is 1. The number of carbonyl (C=O) groups excluding carboxylic acids is 1. The lowest BCUT2D eigenvalue weighted by molar-refractivity contribution is 0.1000. The molecule has 6 nitrogen and oxygen atoms in total. The highest BCUT2D eigenvalue weighted by Gasteiger charge is 2.06. The third-order valence-electron chi connectivity index (χ3n) is 4.01. The molecule has 0 saturated heterocycles. The van der Waals surface area contributed by atoms with Crippen LogP contribution in [0.15, 0.2) is 61.2 Å². The van der Waals surface area contributed by atoms with Gasteiger partial charge in [0, 0.05) is 36.9 Å². The number of amides is 1. The molecule has 0 unspecified atom stereocenters. The number of carbonyl (C=O) groups is 1. The van der Waals surface area contributed by atoms with Gasteiger partial charge in [-0.2, -0.15) is 0 Å². The van der Waals surface area contributed by atoms with Crippen molar-refractivity contribution in [3.8, 4) is 11.4 Å². The van der Waals surface area contributed by atoms with Crippen molar-refractivity contribution in [1.29, 1.82) is 0 Å². The molecule has 3 aromatic heterocycles. The van der Waals surface area contributed by atoms with Crippen LogP contribution in [-0.2, 0) is 6.42 Å². The molecule has 3 heterocycles. The number of unbranched alkanes of at least 4 members (excludes halogenated alkanes) is 1. The first-order valence-electron chi connectivity index (χ1n) is 8.57. The molecule has 0 bridgehead atoms. The van der Waals surface area contributed by atoms with Crippen molar-refractivity contribution in [3.05, 3.63) is 72.3 Å². The lowest BCUT2D eigenvalue weighted by Gasteiger charge is -2.06. The summed E-state index contributed by atoms with van der Waals surface area (Å²) in [6.07, 6.45) is 10.1. The van der Waals surface area contributed by atoms with E-state index in [1.54, 1.807) is 24.5 Å². The first-order chi connectivity index (χ1) is 12.7. The van der Waals surface area contributed by atoms with Crippen LogP contribution in [0.4, 0.5) is 5.69 Å². The molecule has 3 rings (SSSR count). The fourth-order valence-electron chi connectivity index (χ4n) is 2.60. The fourth-order valence-corrected chi connectivity index (χ4v) is 2.60.